The van der Waals surface area contributed by atoms with Crippen molar-refractivity contribution in [1.29, 1.82) is 0 Å². The Labute approximate surface area is 628 Å². The molecule has 29 heteroatoms. The molecule has 1 aromatic heterocycles. The Morgan fingerprint density at radius 3 is 2.20 bits per heavy atom. The molecule has 107 heavy (non-hydrogen) atoms. The van der Waals surface area contributed by atoms with Crippen LogP contribution in [0.25, 0.3) is 33.0 Å². The van der Waals surface area contributed by atoms with E-state index in [0.29, 0.717) is 53.2 Å². The molecule has 28 nitrogen and oxygen atoms in total. The van der Waals surface area contributed by atoms with E-state index in [4.69, 9.17) is 38.8 Å². The van der Waals surface area contributed by atoms with Crippen LogP contribution in [0.5, 0.6) is 17.2 Å². The number of urea groups is 1. The van der Waals surface area contributed by atoms with Crippen LogP contribution in [0.3, 0.4) is 0 Å². The predicted molar refractivity (Wildman–Crippen MR) is 412 cm³/mol. The van der Waals surface area contributed by atoms with Gasteiger partial charge in [0, 0.05) is 93.1 Å². The zero-order chi connectivity index (χ0) is 78.0. The number of imide groups is 1. The number of alkyl halides is 3. The Morgan fingerprint density at radius 1 is 0.860 bits per heavy atom. The second-order valence-corrected chi connectivity index (χ2v) is 35.1. The molecule has 4 aliphatic rings. The Bertz CT molecular complexity index is 4390. The number of aromatic hydroxyl groups is 1. The molecule has 5 aromatic rings. The number of phenolic OH excluding ortho intramolecular Hbond substituents is 1. The number of halogens is 1. The monoisotopic (exact) mass is 1590 g/mol. The summed E-state index contributed by atoms with van der Waals surface area (Å²) >= 11 is -1.19. The van der Waals surface area contributed by atoms with Crippen LogP contribution in [0.4, 0.5) is 21.9 Å². The van der Waals surface area contributed by atoms with Gasteiger partial charge in [0.1, 0.15) is 23.9 Å². The van der Waals surface area contributed by atoms with Crippen molar-refractivity contribution in [3.8, 4) is 17.2 Å². The minimum Gasteiger partial charge on any atom is -0.462 e. The number of unbranched alkanes of at least 4 members (excludes halogenated alkanes) is 2. The number of aliphatic hydroxyl groups is 2. The summed E-state index contributed by atoms with van der Waals surface area (Å²) in [5.74, 6) is -10.6. The van der Waals surface area contributed by atoms with Gasteiger partial charge in [0.25, 0.3) is 17.6 Å². The van der Waals surface area contributed by atoms with Gasteiger partial charge in [-0.3, -0.25) is 48.1 Å². The molecule has 1 fully saturated rings. The molecule has 5 heterocycles. The zero-order valence-electron chi connectivity index (χ0n) is 62.8. The molecule has 11 atom stereocenters. The number of Topliss-reactive ketones (excluding diaryl/α,β-unsaturated/α-hetero) is 1. The molecule has 4 bridgehead atoms. The number of primary amides is 1. The number of aromatic nitrogens is 1. The molecule has 10 N–H and O–H groups in total. The van der Waals surface area contributed by atoms with Crippen LogP contribution in [-0.2, 0) is 54.4 Å². The Balaban J connectivity index is 1.07. The summed E-state index contributed by atoms with van der Waals surface area (Å²) in [6.07, 6.45) is 9.38. The Kier molecular flexibility index (Phi) is 27.1. The Hall–Kier alpha value is -9.46. The van der Waals surface area contributed by atoms with E-state index in [0.717, 1.165) is 17.7 Å². The first-order valence-electron chi connectivity index (χ1n) is 36.1. The zero-order valence-corrected chi connectivity index (χ0v) is 65.0. The van der Waals surface area contributed by atoms with Crippen molar-refractivity contribution in [3.05, 3.63) is 112 Å². The summed E-state index contributed by atoms with van der Waals surface area (Å²) in [4.78, 5) is 148. The molecule has 0 saturated carbocycles. The summed E-state index contributed by atoms with van der Waals surface area (Å²) in [5.41, 5.74) is 5.53. The van der Waals surface area contributed by atoms with Crippen molar-refractivity contribution in [1.82, 2.24) is 25.8 Å². The molecule has 1 saturated heterocycles. The number of hydrogen-bond acceptors (Lipinski definition) is 21. The quantitative estimate of drug-likeness (QED) is 0.00431. The van der Waals surface area contributed by atoms with Gasteiger partial charge in [0.15, 0.2) is 5.43 Å². The molecule has 0 aliphatic carbocycles. The fraction of sp³-hybridized carbons (Fsp3) is 0.500. The molecular formula is C78H100IN9O19. The number of allylic oxidation sites excluding steroid dienone is 2. The van der Waals surface area contributed by atoms with Gasteiger partial charge in [-0.05, 0) is 51.5 Å². The number of aliphatic hydroxyl groups excluding tert-OH is 2. The predicted octanol–water partition coefficient (Wildman–Crippen LogP) is 8.81. The molecule has 8 amide bonds. The first-order valence-corrected chi connectivity index (χ1v) is 41.7. The summed E-state index contributed by atoms with van der Waals surface area (Å²) in [5, 5.41) is 49.3. The third-order valence-electron chi connectivity index (χ3n) is 20.5. The van der Waals surface area contributed by atoms with E-state index in [9.17, 15) is 53.7 Å². The fourth-order valence-corrected chi connectivity index (χ4v) is 17.0. The van der Waals surface area contributed by atoms with E-state index in [1.165, 1.54) is 65.4 Å². The average molecular weight is 1590 g/mol. The number of nitrogens with one attached hydrogen (secondary N) is 5. The van der Waals surface area contributed by atoms with Gasteiger partial charge in [-0.2, -0.15) is 0 Å². The topological polar surface area (TPSA) is 396 Å². The third-order valence-corrected chi connectivity index (χ3v) is 25.2. The van der Waals surface area contributed by atoms with E-state index in [2.05, 4.69) is 41.3 Å². The van der Waals surface area contributed by atoms with Gasteiger partial charge in [-0.1, -0.05) is 66.2 Å². The molecule has 0 unspecified atom stereocenters. The van der Waals surface area contributed by atoms with E-state index >= 15 is 9.59 Å². The van der Waals surface area contributed by atoms with E-state index < -0.39 is 150 Å². The number of nitrogens with zero attached hydrogens (tertiary/aromatic N) is 3. The molecule has 4 aliphatic heterocycles. The van der Waals surface area contributed by atoms with Crippen molar-refractivity contribution in [2.24, 2.45) is 35.3 Å². The number of anilines is 3. The first kappa shape index (κ1) is 81.6. The maximum atomic E-state index is 15.4. The van der Waals surface area contributed by atoms with Gasteiger partial charge < -0.3 is 56.2 Å². The van der Waals surface area contributed by atoms with Gasteiger partial charge in [-0.15, -0.1) is 0 Å². The minimum absolute atomic E-state index is 0.0644. The average Bonchev–Trinajstić information content (AvgIpc) is 1.65. The third kappa shape index (κ3) is 18.9. The summed E-state index contributed by atoms with van der Waals surface area (Å²) in [6, 6.07) is 7.39. The summed E-state index contributed by atoms with van der Waals surface area (Å²) < 4.78 is 38.7. The second kappa shape index (κ2) is 35.5. The number of carbonyl (C=O) groups is 9. The number of piperidine rings is 1. The molecule has 0 spiro atoms. The standard InChI is InChI=1S/C78H100IN9O19/c1-40(2)62(84-56(90)22-15-14-16-33-88-57(91)27-28-58(88)92)76(100)83-52(21-18-32-81-77(80)101)75(99)82-50-25-23-48(24-26-50)39-103-54-37-51(87-34-29-49(30-35-87)79(11)12)38-55-63(54)85-64-59-60-68(95)46(8)71-61(59)73(97)78(10,107-71)104-36-31-53(102-13)43(5)70(105-47(9)89)45(7)67(94)44(6)66(93)41(3)19-17-20-42(4)74(98)86-65(69(60)96)72(64)106-55/h17,19-20,23-28,31,36-38,40-41,43-45,49,52-53,62,66-67,70,93-94,96H,14-16,18,21-22,29-30,32-35,39H2,1-13H3,(H,82,99)(H,83,100)(H,84,90)(H,86,98)(H3,80,81,101)/b19-17+,36-31+,42-20-/t41-,43+,44+,45+,52-,53-,62-,66-,67+,70+,78-/m0/s1. The van der Waals surface area contributed by atoms with Gasteiger partial charge in [0.05, 0.1) is 24.6 Å². The number of benzene rings is 4. The van der Waals surface area contributed by atoms with Crippen molar-refractivity contribution in [2.75, 3.05) is 58.7 Å². The van der Waals surface area contributed by atoms with Gasteiger partial charge in [-0.25, -0.2) is 4.79 Å². The van der Waals surface area contributed by atoms with Crippen LogP contribution in [0.2, 0.25) is 0 Å². The molecule has 578 valence electrons. The van der Waals surface area contributed by atoms with Crippen LogP contribution in [0, 0.1) is 36.5 Å². The van der Waals surface area contributed by atoms with Crippen LogP contribution in [-0.4, -0.2) is 168 Å². The minimum atomic E-state index is -2.18. The van der Waals surface area contributed by atoms with E-state index in [1.54, 1.807) is 84.0 Å². The molecule has 9 rings (SSSR count). The van der Waals surface area contributed by atoms with Crippen LogP contribution in [0.1, 0.15) is 135 Å². The van der Waals surface area contributed by atoms with Crippen molar-refractivity contribution >= 4 is 123 Å². The van der Waals surface area contributed by atoms with Crippen LogP contribution >= 0.6 is 19.8 Å². The van der Waals surface area contributed by atoms with Crippen molar-refractivity contribution < 1.29 is 86.6 Å². The fourth-order valence-electron chi connectivity index (χ4n) is 14.0. The van der Waals surface area contributed by atoms with Crippen molar-refractivity contribution in [3.63, 3.8) is 0 Å². The first-order chi connectivity index (χ1) is 50.7. The molecule has 0 radical (unpaired) electrons. The SMILES string of the molecule is CO[C@H]1/C=C/O[C@@]2(C)Oc3c(C)c(=O)c4c(O)c(c5oc6cc(N7CCC(I(C)C)CC7)cc(OCc7ccc(NC(=O)[C@H](CCCNC(N)=O)NC(=O)[C@@H](NC(=O)CCCCCN8C(=O)C=CC8=O)C(C)C)cc7)c6nc5c4c3C2=O)NC(=O)/C(C)=C\C=C\[C@H](C)[C@H](O)[C@@H](C)[C@@H](O)[C@@H](C)[C@H](OC(C)=O)[C@@H]1C. The molecule has 4 aromatic carbocycles. The number of rotatable bonds is 23. The smallest absolute Gasteiger partial charge is 0.462 e. The number of methoxy groups -OCH3 is 1. The van der Waals surface area contributed by atoms with Crippen LogP contribution < -0.4 is 52.1 Å². The number of carbonyl (C=O) groups excluding carboxylic acids is 9. The number of fused-ring (bicyclic) bond motifs is 2. The second-order valence-electron chi connectivity index (χ2n) is 28.7. The summed E-state index contributed by atoms with van der Waals surface area (Å²) in [7, 11) is 1.42. The van der Waals surface area contributed by atoms with E-state index in [-0.39, 0.29) is 112 Å². The van der Waals surface area contributed by atoms with Crippen LogP contribution in [0.15, 0.2) is 93.9 Å². The number of nitrogens with two attached hydrogens (primary N) is 1. The maximum absolute atomic E-state index is 15.4. The Morgan fingerprint density at radius 2 is 1.55 bits per heavy atom. The number of ether oxygens (including phenoxy) is 5. The number of ketones is 1. The van der Waals surface area contributed by atoms with E-state index in [1.807, 2.05) is 6.07 Å². The molecular weight excluding hydrogens is 1490 g/mol. The normalized spacial score (nSPS) is 24.1. The summed E-state index contributed by atoms with van der Waals surface area (Å²) in [6.45, 7) is 17.5. The van der Waals surface area contributed by atoms with Gasteiger partial charge >= 0.3 is 223 Å². The van der Waals surface area contributed by atoms with Crippen molar-refractivity contribution in [2.45, 2.75) is 173 Å². The number of phenols is 1. The number of amides is 8. The number of hydrogen-bond donors (Lipinski definition) is 9. The number of esters is 1. The van der Waals surface area contributed by atoms with Gasteiger partial charge in [0.2, 0.25) is 17.7 Å².